The number of ether oxygens (including phenoxy) is 2. The van der Waals surface area contributed by atoms with E-state index in [1.54, 1.807) is 36.8 Å². The molecule has 34 heavy (non-hydrogen) atoms. The van der Waals surface area contributed by atoms with Crippen LogP contribution in [0.5, 0.6) is 5.75 Å². The molecule has 0 aliphatic heterocycles. The van der Waals surface area contributed by atoms with Gasteiger partial charge in [-0.3, -0.25) is 9.59 Å². The zero-order chi connectivity index (χ0) is 24.5. The number of rotatable bonds is 11. The van der Waals surface area contributed by atoms with Crippen molar-refractivity contribution in [3.05, 3.63) is 64.3 Å². The van der Waals surface area contributed by atoms with Crippen LogP contribution in [-0.2, 0) is 16.1 Å². The fourth-order valence-electron chi connectivity index (χ4n) is 3.35. The molecule has 0 aliphatic rings. The van der Waals surface area contributed by atoms with E-state index in [2.05, 4.69) is 21.2 Å². The predicted octanol–water partition coefficient (Wildman–Crippen LogP) is 3.06. The quantitative estimate of drug-likeness (QED) is 0.286. The van der Waals surface area contributed by atoms with Gasteiger partial charge in [-0.25, -0.2) is 9.82 Å². The predicted molar refractivity (Wildman–Crippen MR) is 131 cm³/mol. The Balaban J connectivity index is 1.66. The standard InChI is InChI=1S/C24H27FN4O4S/c1-26-12-16-8-7-15(11-21(16)33-3)24(31)27-13-22(30)29-28-20(9-10-32-2)18-14-34-23-17(18)5-4-6-19(23)25/h4-8,11,14,26H,9-10,12-13H2,1-3H3,(H,27,31)(H,29,30). The monoisotopic (exact) mass is 486 g/mol. The zero-order valence-corrected chi connectivity index (χ0v) is 20.1. The van der Waals surface area contributed by atoms with Crippen LogP contribution in [-0.4, -0.2) is 51.9 Å². The number of methoxy groups -OCH3 is 2. The summed E-state index contributed by atoms with van der Waals surface area (Å²) in [7, 11) is 4.92. The van der Waals surface area contributed by atoms with Crippen LogP contribution in [0.2, 0.25) is 0 Å². The van der Waals surface area contributed by atoms with Crippen LogP contribution in [0.15, 0.2) is 46.9 Å². The van der Waals surface area contributed by atoms with Gasteiger partial charge in [0.05, 0.1) is 30.7 Å². The molecule has 0 unspecified atom stereocenters. The highest BCUT2D eigenvalue weighted by Crippen LogP contribution is 2.29. The maximum Gasteiger partial charge on any atom is 0.259 e. The van der Waals surface area contributed by atoms with Crippen molar-refractivity contribution in [3.63, 3.8) is 0 Å². The third kappa shape index (κ3) is 6.16. The van der Waals surface area contributed by atoms with Gasteiger partial charge >= 0.3 is 0 Å². The third-order valence-electron chi connectivity index (χ3n) is 5.05. The summed E-state index contributed by atoms with van der Waals surface area (Å²) in [6, 6.07) is 9.94. The van der Waals surface area contributed by atoms with Crippen LogP contribution in [0.1, 0.15) is 27.9 Å². The average molecular weight is 487 g/mol. The summed E-state index contributed by atoms with van der Waals surface area (Å²) in [6.45, 7) is 0.714. The van der Waals surface area contributed by atoms with Crippen LogP contribution in [0.4, 0.5) is 4.39 Å². The summed E-state index contributed by atoms with van der Waals surface area (Å²) in [5, 5.41) is 12.4. The van der Waals surface area contributed by atoms with Crippen molar-refractivity contribution in [1.29, 1.82) is 0 Å². The van der Waals surface area contributed by atoms with Gasteiger partial charge in [-0.15, -0.1) is 11.3 Å². The second-order valence-corrected chi connectivity index (χ2v) is 8.22. The van der Waals surface area contributed by atoms with Crippen molar-refractivity contribution in [3.8, 4) is 5.75 Å². The van der Waals surface area contributed by atoms with E-state index in [0.29, 0.717) is 41.3 Å². The first-order valence-electron chi connectivity index (χ1n) is 10.6. The van der Waals surface area contributed by atoms with Crippen molar-refractivity contribution >= 4 is 38.9 Å². The van der Waals surface area contributed by atoms with E-state index < -0.39 is 11.8 Å². The number of nitrogens with zero attached hydrogens (tertiary/aromatic N) is 1. The highest BCUT2D eigenvalue weighted by molar-refractivity contribution is 7.17. The van der Waals surface area contributed by atoms with Crippen LogP contribution in [0, 0.1) is 5.82 Å². The number of thiophene rings is 1. The summed E-state index contributed by atoms with van der Waals surface area (Å²) in [5.74, 6) is -0.624. The molecule has 0 saturated carbocycles. The molecular formula is C24H27FN4O4S. The number of benzene rings is 2. The second-order valence-electron chi connectivity index (χ2n) is 7.34. The summed E-state index contributed by atoms with van der Waals surface area (Å²) in [5.41, 5.74) is 5.05. The highest BCUT2D eigenvalue weighted by atomic mass is 32.1. The summed E-state index contributed by atoms with van der Waals surface area (Å²) in [6.07, 6.45) is 0.421. The van der Waals surface area contributed by atoms with E-state index in [4.69, 9.17) is 9.47 Å². The zero-order valence-electron chi connectivity index (χ0n) is 19.2. The molecule has 0 spiro atoms. The third-order valence-corrected chi connectivity index (χ3v) is 6.05. The normalized spacial score (nSPS) is 11.5. The molecule has 0 fully saturated rings. The molecule has 180 valence electrons. The van der Waals surface area contributed by atoms with Crippen molar-refractivity contribution < 1.29 is 23.5 Å². The molecule has 3 aromatic rings. The van der Waals surface area contributed by atoms with Gasteiger partial charge in [0.2, 0.25) is 0 Å². The SMILES string of the molecule is CNCc1ccc(C(=O)NCC(=O)NN=C(CCOC)c2csc3c(F)cccc23)cc1OC. The molecule has 0 aliphatic carbocycles. The van der Waals surface area contributed by atoms with Gasteiger partial charge in [0.25, 0.3) is 11.8 Å². The van der Waals surface area contributed by atoms with Gasteiger partial charge in [0.15, 0.2) is 0 Å². The van der Waals surface area contributed by atoms with Crippen LogP contribution in [0.25, 0.3) is 10.1 Å². The Morgan fingerprint density at radius 3 is 2.74 bits per heavy atom. The van der Waals surface area contributed by atoms with Crippen molar-refractivity contribution in [1.82, 2.24) is 16.1 Å². The molecule has 0 radical (unpaired) electrons. The molecule has 10 heteroatoms. The maximum atomic E-state index is 14.1. The topological polar surface area (TPSA) is 101 Å². The lowest BCUT2D eigenvalue weighted by atomic mass is 10.1. The number of hydrogen-bond acceptors (Lipinski definition) is 7. The number of carbonyl (C=O) groups is 2. The Morgan fingerprint density at radius 1 is 1.18 bits per heavy atom. The van der Waals surface area contributed by atoms with E-state index in [1.807, 2.05) is 13.1 Å². The molecule has 2 amide bonds. The molecule has 3 rings (SSSR count). The largest absolute Gasteiger partial charge is 0.496 e. The lowest BCUT2D eigenvalue weighted by Gasteiger charge is -2.11. The van der Waals surface area contributed by atoms with Gasteiger partial charge in [0, 0.05) is 47.5 Å². The van der Waals surface area contributed by atoms with Gasteiger partial charge in [-0.2, -0.15) is 5.10 Å². The summed E-state index contributed by atoms with van der Waals surface area (Å²) < 4.78 is 25.1. The number of hydrogen-bond donors (Lipinski definition) is 3. The molecule has 1 aromatic heterocycles. The number of carbonyl (C=O) groups excluding carboxylic acids is 2. The number of fused-ring (bicyclic) bond motifs is 1. The molecule has 3 N–H and O–H groups in total. The summed E-state index contributed by atoms with van der Waals surface area (Å²) >= 11 is 1.27. The van der Waals surface area contributed by atoms with E-state index in [1.165, 1.54) is 24.5 Å². The highest BCUT2D eigenvalue weighted by Gasteiger charge is 2.15. The van der Waals surface area contributed by atoms with Crippen molar-refractivity contribution in [2.45, 2.75) is 13.0 Å². The minimum Gasteiger partial charge on any atom is -0.496 e. The Hall–Kier alpha value is -3.34. The number of amides is 2. The van der Waals surface area contributed by atoms with E-state index in [0.717, 1.165) is 16.5 Å². The molecule has 8 nitrogen and oxygen atoms in total. The molecule has 0 atom stereocenters. The second kappa shape index (κ2) is 12.2. The Bertz CT molecular complexity index is 1190. The fourth-order valence-corrected chi connectivity index (χ4v) is 4.33. The van der Waals surface area contributed by atoms with Gasteiger partial charge < -0.3 is 20.1 Å². The van der Waals surface area contributed by atoms with E-state index >= 15 is 0 Å². The lowest BCUT2D eigenvalue weighted by Crippen LogP contribution is -2.35. The first-order chi connectivity index (χ1) is 16.5. The molecule has 0 bridgehead atoms. The Kier molecular flexibility index (Phi) is 9.08. The van der Waals surface area contributed by atoms with E-state index in [9.17, 15) is 14.0 Å². The Morgan fingerprint density at radius 2 is 2.00 bits per heavy atom. The molecule has 1 heterocycles. The number of hydrazone groups is 1. The van der Waals surface area contributed by atoms with Crippen molar-refractivity contribution in [2.24, 2.45) is 5.10 Å². The van der Waals surface area contributed by atoms with Crippen LogP contribution >= 0.6 is 11.3 Å². The van der Waals surface area contributed by atoms with Crippen LogP contribution in [0.3, 0.4) is 0 Å². The van der Waals surface area contributed by atoms with Crippen LogP contribution < -0.4 is 20.8 Å². The number of halogens is 1. The van der Waals surface area contributed by atoms with E-state index in [-0.39, 0.29) is 12.4 Å². The smallest absolute Gasteiger partial charge is 0.259 e. The summed E-state index contributed by atoms with van der Waals surface area (Å²) in [4.78, 5) is 24.8. The lowest BCUT2D eigenvalue weighted by molar-refractivity contribution is -0.120. The van der Waals surface area contributed by atoms with Gasteiger partial charge in [-0.1, -0.05) is 18.2 Å². The molecule has 2 aromatic carbocycles. The van der Waals surface area contributed by atoms with Crippen molar-refractivity contribution in [2.75, 3.05) is 34.4 Å². The fraction of sp³-hybridized carbons (Fsp3) is 0.292. The average Bonchev–Trinajstić information content (AvgIpc) is 3.28. The number of nitrogens with one attached hydrogen (secondary N) is 3. The van der Waals surface area contributed by atoms with Gasteiger partial charge in [-0.05, 0) is 25.2 Å². The molecular weight excluding hydrogens is 459 g/mol. The Labute approximate surface area is 201 Å². The maximum absolute atomic E-state index is 14.1. The minimum atomic E-state index is -0.493. The minimum absolute atomic E-state index is 0.264. The first kappa shape index (κ1) is 25.3. The first-order valence-corrected chi connectivity index (χ1v) is 11.5. The van der Waals surface area contributed by atoms with Gasteiger partial charge in [0.1, 0.15) is 11.6 Å². The molecule has 0 saturated heterocycles.